The van der Waals surface area contributed by atoms with Crippen molar-refractivity contribution < 1.29 is 5.11 Å². The first-order valence-corrected chi connectivity index (χ1v) is 4.54. The van der Waals surface area contributed by atoms with Crippen molar-refractivity contribution in [1.29, 1.82) is 0 Å². The molecule has 1 atom stereocenters. The summed E-state index contributed by atoms with van der Waals surface area (Å²) in [6, 6.07) is 8.23. The van der Waals surface area contributed by atoms with E-state index in [1.165, 1.54) is 11.3 Å². The van der Waals surface area contributed by atoms with Crippen LogP contribution < -0.4 is 4.90 Å². The fourth-order valence-corrected chi connectivity index (χ4v) is 1.30. The Labute approximate surface area is 79.8 Å². The highest BCUT2D eigenvalue weighted by Gasteiger charge is 2.00. The molecule has 1 N–H and O–H groups in total. The van der Waals surface area contributed by atoms with Crippen LogP contribution >= 0.6 is 0 Å². The highest BCUT2D eigenvalue weighted by molar-refractivity contribution is 5.47. The molecule has 0 saturated heterocycles. The lowest BCUT2D eigenvalue weighted by atomic mass is 10.1. The summed E-state index contributed by atoms with van der Waals surface area (Å²) in [5, 5.41) is 9.22. The number of rotatable bonds is 3. The molecule has 0 aliphatic heterocycles. The lowest BCUT2D eigenvalue weighted by molar-refractivity contribution is 0.195. The average Bonchev–Trinajstić information content (AvgIpc) is 2.03. The van der Waals surface area contributed by atoms with Crippen LogP contribution in [0.4, 0.5) is 5.69 Å². The molecular weight excluding hydrogens is 162 g/mol. The van der Waals surface area contributed by atoms with Gasteiger partial charge in [0.15, 0.2) is 0 Å². The van der Waals surface area contributed by atoms with Gasteiger partial charge in [-0.2, -0.15) is 0 Å². The van der Waals surface area contributed by atoms with Crippen LogP contribution in [0.1, 0.15) is 12.5 Å². The Morgan fingerprint density at radius 2 is 2.08 bits per heavy atom. The molecule has 0 spiro atoms. The fourth-order valence-electron chi connectivity index (χ4n) is 1.30. The summed E-state index contributed by atoms with van der Waals surface area (Å²) in [5.74, 6) is 0. The molecule has 0 bridgehead atoms. The van der Waals surface area contributed by atoms with Crippen LogP contribution in [-0.2, 0) is 6.42 Å². The molecule has 0 saturated carbocycles. The number of aliphatic hydroxyl groups excluding tert-OH is 1. The predicted molar refractivity (Wildman–Crippen MR) is 56.2 cm³/mol. The van der Waals surface area contributed by atoms with Crippen molar-refractivity contribution in [2.24, 2.45) is 0 Å². The summed E-state index contributed by atoms with van der Waals surface area (Å²) in [4.78, 5) is 2.06. The lowest BCUT2D eigenvalue weighted by Gasteiger charge is -2.14. The van der Waals surface area contributed by atoms with Crippen LogP contribution in [-0.4, -0.2) is 25.3 Å². The number of hydrogen-bond acceptors (Lipinski definition) is 2. The minimum atomic E-state index is -0.266. The normalized spacial score (nSPS) is 12.6. The fraction of sp³-hybridized carbons (Fsp3) is 0.455. The molecule has 0 aliphatic rings. The Morgan fingerprint density at radius 3 is 2.62 bits per heavy atom. The molecule has 72 valence electrons. The van der Waals surface area contributed by atoms with Crippen molar-refractivity contribution in [3.05, 3.63) is 29.8 Å². The summed E-state index contributed by atoms with van der Waals surface area (Å²) in [6.45, 7) is 1.81. The van der Waals surface area contributed by atoms with Crippen LogP contribution in [0, 0.1) is 0 Å². The number of aliphatic hydroxyl groups is 1. The maximum absolute atomic E-state index is 9.22. The highest BCUT2D eigenvalue weighted by atomic mass is 16.3. The maximum Gasteiger partial charge on any atom is 0.0552 e. The predicted octanol–water partition coefficient (Wildman–Crippen LogP) is 1.68. The number of benzene rings is 1. The molecule has 0 heterocycles. The van der Waals surface area contributed by atoms with Gasteiger partial charge in [0.1, 0.15) is 0 Å². The Bertz CT molecular complexity index is 269. The van der Waals surface area contributed by atoms with E-state index in [9.17, 15) is 5.11 Å². The molecule has 0 aromatic heterocycles. The van der Waals surface area contributed by atoms with Crippen LogP contribution in [0.5, 0.6) is 0 Å². The second-order valence-electron chi connectivity index (χ2n) is 3.62. The first-order valence-electron chi connectivity index (χ1n) is 4.54. The van der Waals surface area contributed by atoms with Crippen molar-refractivity contribution in [3.63, 3.8) is 0 Å². The first-order chi connectivity index (χ1) is 6.09. The SMILES string of the molecule is CC(O)Cc1cccc(N(C)C)c1. The third-order valence-corrected chi connectivity index (χ3v) is 1.96. The topological polar surface area (TPSA) is 23.5 Å². The Balaban J connectivity index is 2.79. The van der Waals surface area contributed by atoms with Crippen molar-refractivity contribution in [2.75, 3.05) is 19.0 Å². The van der Waals surface area contributed by atoms with E-state index in [0.717, 1.165) is 6.42 Å². The van der Waals surface area contributed by atoms with E-state index in [0.29, 0.717) is 0 Å². The van der Waals surface area contributed by atoms with Gasteiger partial charge in [-0.25, -0.2) is 0 Å². The number of anilines is 1. The Kier molecular flexibility index (Phi) is 3.32. The van der Waals surface area contributed by atoms with E-state index in [1.807, 2.05) is 33.2 Å². The smallest absolute Gasteiger partial charge is 0.0552 e. The standard InChI is InChI=1S/C11H17NO/c1-9(13)7-10-5-4-6-11(8-10)12(2)3/h4-6,8-9,13H,7H2,1-3H3. The van der Waals surface area contributed by atoms with E-state index < -0.39 is 0 Å². The van der Waals surface area contributed by atoms with Crippen LogP contribution in [0.15, 0.2) is 24.3 Å². The van der Waals surface area contributed by atoms with Crippen molar-refractivity contribution in [3.8, 4) is 0 Å². The summed E-state index contributed by atoms with van der Waals surface area (Å²) >= 11 is 0. The zero-order valence-electron chi connectivity index (χ0n) is 8.49. The number of hydrogen-bond donors (Lipinski definition) is 1. The second kappa shape index (κ2) is 4.28. The molecule has 1 rings (SSSR count). The van der Waals surface area contributed by atoms with Gasteiger partial charge in [-0.3, -0.25) is 0 Å². The highest BCUT2D eigenvalue weighted by Crippen LogP contribution is 2.14. The van der Waals surface area contributed by atoms with Crippen molar-refractivity contribution in [1.82, 2.24) is 0 Å². The second-order valence-corrected chi connectivity index (χ2v) is 3.62. The molecular formula is C11H17NO. The Morgan fingerprint density at radius 1 is 1.38 bits per heavy atom. The van der Waals surface area contributed by atoms with Gasteiger partial charge < -0.3 is 10.0 Å². The van der Waals surface area contributed by atoms with Crippen LogP contribution in [0.25, 0.3) is 0 Å². The van der Waals surface area contributed by atoms with Crippen LogP contribution in [0.2, 0.25) is 0 Å². The molecule has 1 unspecified atom stereocenters. The van der Waals surface area contributed by atoms with E-state index in [2.05, 4.69) is 17.0 Å². The number of nitrogens with zero attached hydrogens (tertiary/aromatic N) is 1. The van der Waals surface area contributed by atoms with Crippen LogP contribution in [0.3, 0.4) is 0 Å². The van der Waals surface area contributed by atoms with Crippen molar-refractivity contribution in [2.45, 2.75) is 19.4 Å². The monoisotopic (exact) mass is 179 g/mol. The lowest BCUT2D eigenvalue weighted by Crippen LogP contribution is -2.10. The van der Waals surface area contributed by atoms with Gasteiger partial charge in [0.25, 0.3) is 0 Å². The van der Waals surface area contributed by atoms with E-state index >= 15 is 0 Å². The van der Waals surface area contributed by atoms with E-state index in [1.54, 1.807) is 0 Å². The molecule has 2 heteroatoms. The maximum atomic E-state index is 9.22. The quantitative estimate of drug-likeness (QED) is 0.763. The first kappa shape index (κ1) is 10.1. The van der Waals surface area contributed by atoms with Gasteiger partial charge >= 0.3 is 0 Å². The molecule has 1 aromatic carbocycles. The van der Waals surface area contributed by atoms with E-state index in [4.69, 9.17) is 0 Å². The van der Waals surface area contributed by atoms with Gasteiger partial charge in [0.2, 0.25) is 0 Å². The molecule has 13 heavy (non-hydrogen) atoms. The molecule has 0 radical (unpaired) electrons. The minimum absolute atomic E-state index is 0.266. The zero-order valence-corrected chi connectivity index (χ0v) is 8.49. The molecule has 2 nitrogen and oxygen atoms in total. The Hall–Kier alpha value is -1.02. The summed E-state index contributed by atoms with van der Waals surface area (Å²) in [7, 11) is 4.03. The molecule has 0 amide bonds. The zero-order chi connectivity index (χ0) is 9.84. The van der Waals surface area contributed by atoms with Gasteiger partial charge in [-0.1, -0.05) is 12.1 Å². The molecule has 0 fully saturated rings. The summed E-state index contributed by atoms with van der Waals surface area (Å²) < 4.78 is 0. The van der Waals surface area contributed by atoms with E-state index in [-0.39, 0.29) is 6.10 Å². The van der Waals surface area contributed by atoms with Gasteiger partial charge in [0, 0.05) is 19.8 Å². The summed E-state index contributed by atoms with van der Waals surface area (Å²) in [5.41, 5.74) is 2.36. The van der Waals surface area contributed by atoms with Crippen molar-refractivity contribution >= 4 is 5.69 Å². The minimum Gasteiger partial charge on any atom is -0.393 e. The van der Waals surface area contributed by atoms with Gasteiger partial charge in [0.05, 0.1) is 6.10 Å². The average molecular weight is 179 g/mol. The van der Waals surface area contributed by atoms with Gasteiger partial charge in [-0.15, -0.1) is 0 Å². The third-order valence-electron chi connectivity index (χ3n) is 1.96. The van der Waals surface area contributed by atoms with Gasteiger partial charge in [-0.05, 0) is 31.0 Å². The molecule has 0 aliphatic carbocycles. The summed E-state index contributed by atoms with van der Waals surface area (Å²) in [6.07, 6.45) is 0.458. The third kappa shape index (κ3) is 3.07. The largest absolute Gasteiger partial charge is 0.393 e. The molecule has 1 aromatic rings.